The second kappa shape index (κ2) is 6.17. The molecule has 0 spiro atoms. The van der Waals surface area contributed by atoms with Crippen LogP contribution in [0.4, 0.5) is 5.69 Å². The Bertz CT molecular complexity index is 867. The van der Waals surface area contributed by atoms with Crippen molar-refractivity contribution in [2.45, 2.75) is 19.3 Å². The topological polar surface area (TPSA) is 87.2 Å². The summed E-state index contributed by atoms with van der Waals surface area (Å²) in [7, 11) is 0. The molecule has 0 fully saturated rings. The van der Waals surface area contributed by atoms with Crippen molar-refractivity contribution in [2.75, 3.05) is 11.4 Å². The summed E-state index contributed by atoms with van der Waals surface area (Å²) in [5.74, 6) is -0.934. The van der Waals surface area contributed by atoms with E-state index in [9.17, 15) is 9.59 Å². The summed E-state index contributed by atoms with van der Waals surface area (Å²) >= 11 is 0. The van der Waals surface area contributed by atoms with Crippen molar-refractivity contribution >= 4 is 17.5 Å². The number of nitrogens with zero attached hydrogens (tertiary/aromatic N) is 2. The third-order valence-electron chi connectivity index (χ3n) is 4.44. The van der Waals surface area contributed by atoms with E-state index in [4.69, 9.17) is 11.0 Å². The van der Waals surface area contributed by atoms with Crippen LogP contribution in [0.5, 0.6) is 0 Å². The van der Waals surface area contributed by atoms with E-state index in [0.717, 1.165) is 11.1 Å². The van der Waals surface area contributed by atoms with E-state index in [1.54, 1.807) is 23.1 Å². The molecule has 120 valence electrons. The van der Waals surface area contributed by atoms with Gasteiger partial charge in [0.05, 0.1) is 17.6 Å². The predicted octanol–water partition coefficient (Wildman–Crippen LogP) is 2.49. The number of carbonyl (C=O) groups is 2. The van der Waals surface area contributed by atoms with Crippen molar-refractivity contribution in [2.24, 2.45) is 5.73 Å². The van der Waals surface area contributed by atoms with Crippen LogP contribution in [0.15, 0.2) is 42.5 Å². The molecule has 1 atom stereocenters. The molecule has 5 heteroatoms. The van der Waals surface area contributed by atoms with E-state index in [1.165, 1.54) is 0 Å². The average molecular weight is 319 g/mol. The number of amides is 2. The Labute approximate surface area is 140 Å². The fourth-order valence-corrected chi connectivity index (χ4v) is 3.10. The molecule has 0 aromatic heterocycles. The van der Waals surface area contributed by atoms with Gasteiger partial charge in [-0.3, -0.25) is 9.59 Å². The van der Waals surface area contributed by atoms with Gasteiger partial charge in [0.1, 0.15) is 0 Å². The van der Waals surface area contributed by atoms with Crippen molar-refractivity contribution in [1.29, 1.82) is 5.26 Å². The standard InChI is InChI=1S/C19H17N3O2/c1-12-6-7-13(10-14(12)11-20)19(24)22-9-8-16(18(21)23)15-4-2-3-5-17(15)22/h2-7,10,16H,8-9H2,1H3,(H2,21,23). The van der Waals surface area contributed by atoms with Crippen LogP contribution in [0.1, 0.15) is 39.4 Å². The van der Waals surface area contributed by atoms with Gasteiger partial charge in [0, 0.05) is 17.8 Å². The van der Waals surface area contributed by atoms with Gasteiger partial charge in [-0.1, -0.05) is 24.3 Å². The van der Waals surface area contributed by atoms with E-state index in [1.807, 2.05) is 31.2 Å². The zero-order valence-corrected chi connectivity index (χ0v) is 13.3. The van der Waals surface area contributed by atoms with Crippen LogP contribution in [0.3, 0.4) is 0 Å². The lowest BCUT2D eigenvalue weighted by molar-refractivity contribution is -0.119. The molecule has 1 aliphatic rings. The van der Waals surface area contributed by atoms with Gasteiger partial charge >= 0.3 is 0 Å². The summed E-state index contributed by atoms with van der Waals surface area (Å²) in [5.41, 5.74) is 8.76. The molecule has 2 aromatic rings. The third-order valence-corrected chi connectivity index (χ3v) is 4.44. The lowest BCUT2D eigenvalue weighted by atomic mass is 9.89. The van der Waals surface area contributed by atoms with Gasteiger partial charge in [-0.05, 0) is 42.7 Å². The van der Waals surface area contributed by atoms with E-state index in [-0.39, 0.29) is 17.7 Å². The molecule has 0 radical (unpaired) electrons. The first-order chi connectivity index (χ1) is 11.5. The van der Waals surface area contributed by atoms with E-state index in [0.29, 0.717) is 29.8 Å². The highest BCUT2D eigenvalue weighted by Gasteiger charge is 2.31. The molecule has 2 amide bonds. The van der Waals surface area contributed by atoms with Crippen molar-refractivity contribution in [3.8, 4) is 6.07 Å². The molecule has 3 rings (SSSR count). The van der Waals surface area contributed by atoms with Crippen LogP contribution in [0.25, 0.3) is 0 Å². The molecule has 5 nitrogen and oxygen atoms in total. The molecule has 1 aliphatic heterocycles. The molecule has 1 heterocycles. The minimum Gasteiger partial charge on any atom is -0.369 e. The first-order valence-electron chi connectivity index (χ1n) is 7.73. The number of nitrogens with two attached hydrogens (primary N) is 1. The average Bonchev–Trinajstić information content (AvgIpc) is 2.60. The van der Waals surface area contributed by atoms with Gasteiger partial charge in [0.2, 0.25) is 5.91 Å². The van der Waals surface area contributed by atoms with Gasteiger partial charge in [0.25, 0.3) is 5.91 Å². The number of para-hydroxylation sites is 1. The number of aryl methyl sites for hydroxylation is 1. The fraction of sp³-hybridized carbons (Fsp3) is 0.211. The zero-order valence-electron chi connectivity index (χ0n) is 13.3. The van der Waals surface area contributed by atoms with Gasteiger partial charge < -0.3 is 10.6 Å². The molecule has 0 aliphatic carbocycles. The Balaban J connectivity index is 2.01. The molecular formula is C19H17N3O2. The third kappa shape index (κ3) is 2.63. The SMILES string of the molecule is Cc1ccc(C(=O)N2CCC(C(N)=O)c3ccccc32)cc1C#N. The van der Waals surface area contributed by atoms with Crippen LogP contribution in [-0.2, 0) is 4.79 Å². The minimum absolute atomic E-state index is 0.179. The Morgan fingerprint density at radius 1 is 1.25 bits per heavy atom. The minimum atomic E-state index is -0.378. The number of primary amides is 1. The maximum atomic E-state index is 12.9. The van der Waals surface area contributed by atoms with Crippen LogP contribution in [-0.4, -0.2) is 18.4 Å². The normalized spacial score (nSPS) is 16.2. The maximum Gasteiger partial charge on any atom is 0.258 e. The number of nitriles is 1. The number of anilines is 1. The first-order valence-corrected chi connectivity index (χ1v) is 7.73. The highest BCUT2D eigenvalue weighted by Crippen LogP contribution is 2.35. The summed E-state index contributed by atoms with van der Waals surface area (Å²) in [4.78, 5) is 26.2. The molecule has 2 N–H and O–H groups in total. The van der Waals surface area contributed by atoms with Crippen LogP contribution in [0, 0.1) is 18.3 Å². The second-order valence-corrected chi connectivity index (χ2v) is 5.90. The molecule has 0 saturated carbocycles. The molecule has 2 aromatic carbocycles. The molecule has 0 saturated heterocycles. The number of hydrogen-bond donors (Lipinski definition) is 1. The summed E-state index contributed by atoms with van der Waals surface area (Å²) < 4.78 is 0. The first kappa shape index (κ1) is 15.8. The zero-order chi connectivity index (χ0) is 17.3. The largest absolute Gasteiger partial charge is 0.369 e. The van der Waals surface area contributed by atoms with Crippen molar-refractivity contribution in [3.63, 3.8) is 0 Å². The Kier molecular flexibility index (Phi) is 4.05. The molecular weight excluding hydrogens is 302 g/mol. The molecule has 24 heavy (non-hydrogen) atoms. The van der Waals surface area contributed by atoms with E-state index in [2.05, 4.69) is 6.07 Å². The summed E-state index contributed by atoms with van der Waals surface area (Å²) in [5, 5.41) is 9.16. The van der Waals surface area contributed by atoms with Gasteiger partial charge in [-0.25, -0.2) is 0 Å². The summed E-state index contributed by atoms with van der Waals surface area (Å²) in [6.45, 7) is 2.25. The van der Waals surface area contributed by atoms with Crippen molar-refractivity contribution in [1.82, 2.24) is 0 Å². The fourth-order valence-electron chi connectivity index (χ4n) is 3.10. The number of benzene rings is 2. The maximum absolute atomic E-state index is 12.9. The number of carbonyl (C=O) groups excluding carboxylic acids is 2. The van der Waals surface area contributed by atoms with Gasteiger partial charge in [-0.2, -0.15) is 5.26 Å². The Morgan fingerprint density at radius 2 is 2.00 bits per heavy atom. The number of fused-ring (bicyclic) bond motifs is 1. The van der Waals surface area contributed by atoms with E-state index < -0.39 is 0 Å². The van der Waals surface area contributed by atoms with E-state index >= 15 is 0 Å². The Morgan fingerprint density at radius 3 is 2.71 bits per heavy atom. The van der Waals surface area contributed by atoms with Crippen molar-refractivity contribution in [3.05, 3.63) is 64.7 Å². The molecule has 1 unspecified atom stereocenters. The number of hydrogen-bond acceptors (Lipinski definition) is 3. The van der Waals surface area contributed by atoms with Crippen molar-refractivity contribution < 1.29 is 9.59 Å². The van der Waals surface area contributed by atoms with Gasteiger partial charge in [-0.15, -0.1) is 0 Å². The van der Waals surface area contributed by atoms with Crippen LogP contribution in [0.2, 0.25) is 0 Å². The number of rotatable bonds is 2. The highest BCUT2D eigenvalue weighted by atomic mass is 16.2. The highest BCUT2D eigenvalue weighted by molar-refractivity contribution is 6.07. The quantitative estimate of drug-likeness (QED) is 0.922. The van der Waals surface area contributed by atoms with Crippen LogP contribution < -0.4 is 10.6 Å². The summed E-state index contributed by atoms with van der Waals surface area (Å²) in [6.07, 6.45) is 0.495. The van der Waals surface area contributed by atoms with Crippen LogP contribution >= 0.6 is 0 Å². The molecule has 0 bridgehead atoms. The Hall–Kier alpha value is -3.13. The smallest absolute Gasteiger partial charge is 0.258 e. The lowest BCUT2D eigenvalue weighted by Gasteiger charge is -2.33. The lowest BCUT2D eigenvalue weighted by Crippen LogP contribution is -2.39. The van der Waals surface area contributed by atoms with Gasteiger partial charge in [0.15, 0.2) is 0 Å². The second-order valence-electron chi connectivity index (χ2n) is 5.90. The predicted molar refractivity (Wildman–Crippen MR) is 90.6 cm³/mol. The summed E-state index contributed by atoms with van der Waals surface area (Å²) in [6, 6.07) is 14.5. The monoisotopic (exact) mass is 319 g/mol.